The Labute approximate surface area is 150 Å². The van der Waals surface area contributed by atoms with Crippen LogP contribution in [0.1, 0.15) is 25.8 Å². The summed E-state index contributed by atoms with van der Waals surface area (Å²) in [6.45, 7) is 7.22. The normalized spacial score (nSPS) is 21.0. The van der Waals surface area contributed by atoms with Crippen LogP contribution in [0.15, 0.2) is 29.3 Å². The van der Waals surface area contributed by atoms with E-state index in [2.05, 4.69) is 34.4 Å². The molecule has 2 rings (SSSR count). The summed E-state index contributed by atoms with van der Waals surface area (Å²) in [6, 6.07) is 7.67. The third-order valence-corrected chi connectivity index (χ3v) is 4.44. The number of piperidine rings is 1. The zero-order chi connectivity index (χ0) is 18.2. The fraction of sp³-hybridized carbons (Fsp3) is 0.579. The number of hydrogen-bond donors (Lipinski definition) is 2. The molecule has 2 atom stereocenters. The molecule has 1 aromatic rings. The van der Waals surface area contributed by atoms with Crippen molar-refractivity contribution in [3.8, 4) is 5.75 Å². The fourth-order valence-corrected chi connectivity index (χ4v) is 3.33. The smallest absolute Gasteiger partial charge is 0.239 e. The van der Waals surface area contributed by atoms with E-state index >= 15 is 0 Å². The minimum absolute atomic E-state index is 0.0462. The lowest BCUT2D eigenvalue weighted by atomic mass is 9.92. The van der Waals surface area contributed by atoms with Gasteiger partial charge in [0.1, 0.15) is 5.75 Å². The molecule has 1 aliphatic rings. The summed E-state index contributed by atoms with van der Waals surface area (Å²) in [5.74, 6) is 2.86. The number of benzene rings is 1. The second-order valence-corrected chi connectivity index (χ2v) is 6.88. The molecule has 25 heavy (non-hydrogen) atoms. The SMILES string of the molecule is CN=C(NCC(=O)NCc1ccc(OC)cc1)N1CC(C)CC(C)C1. The van der Waals surface area contributed by atoms with Crippen LogP contribution in [-0.2, 0) is 11.3 Å². The number of rotatable bonds is 5. The molecule has 0 spiro atoms. The third kappa shape index (κ3) is 5.96. The lowest BCUT2D eigenvalue weighted by Crippen LogP contribution is -2.50. The Morgan fingerprint density at radius 3 is 2.40 bits per heavy atom. The first-order valence-corrected chi connectivity index (χ1v) is 8.87. The number of carbonyl (C=O) groups excluding carboxylic acids is 1. The summed E-state index contributed by atoms with van der Waals surface area (Å²) >= 11 is 0. The van der Waals surface area contributed by atoms with Gasteiger partial charge in [-0.3, -0.25) is 9.79 Å². The van der Waals surface area contributed by atoms with E-state index in [1.165, 1.54) is 6.42 Å². The molecular formula is C19H30N4O2. The second-order valence-electron chi connectivity index (χ2n) is 6.88. The van der Waals surface area contributed by atoms with Crippen molar-refractivity contribution in [2.75, 3.05) is 33.8 Å². The first-order chi connectivity index (χ1) is 12.0. The lowest BCUT2D eigenvalue weighted by molar-refractivity contribution is -0.120. The predicted molar refractivity (Wildman–Crippen MR) is 101 cm³/mol. The molecule has 6 heteroatoms. The summed E-state index contributed by atoms with van der Waals surface area (Å²) in [6.07, 6.45) is 1.25. The van der Waals surface area contributed by atoms with Crippen LogP contribution < -0.4 is 15.4 Å². The molecule has 2 N–H and O–H groups in total. The molecule has 0 aromatic heterocycles. The van der Waals surface area contributed by atoms with Gasteiger partial charge in [0.2, 0.25) is 5.91 Å². The van der Waals surface area contributed by atoms with Crippen LogP contribution in [0, 0.1) is 11.8 Å². The zero-order valence-corrected chi connectivity index (χ0v) is 15.7. The van der Waals surface area contributed by atoms with E-state index in [0.29, 0.717) is 18.4 Å². The topological polar surface area (TPSA) is 66.0 Å². The summed E-state index contributed by atoms with van der Waals surface area (Å²) in [5.41, 5.74) is 1.04. The van der Waals surface area contributed by atoms with E-state index in [1.807, 2.05) is 24.3 Å². The Kier molecular flexibility index (Phi) is 7.10. The number of guanidine groups is 1. The molecule has 1 aromatic carbocycles. The first-order valence-electron chi connectivity index (χ1n) is 8.87. The van der Waals surface area contributed by atoms with Crippen molar-refractivity contribution < 1.29 is 9.53 Å². The van der Waals surface area contributed by atoms with E-state index in [1.54, 1.807) is 14.2 Å². The molecule has 1 amide bonds. The summed E-state index contributed by atoms with van der Waals surface area (Å²) in [5, 5.41) is 6.10. The fourth-order valence-electron chi connectivity index (χ4n) is 3.33. The molecule has 6 nitrogen and oxygen atoms in total. The Hall–Kier alpha value is -2.24. The van der Waals surface area contributed by atoms with Crippen LogP contribution in [0.5, 0.6) is 5.75 Å². The molecule has 138 valence electrons. The summed E-state index contributed by atoms with van der Waals surface area (Å²) in [4.78, 5) is 18.7. The standard InChI is InChI=1S/C19H30N4O2/c1-14-9-15(2)13-23(12-14)19(20-3)22-11-18(24)21-10-16-5-7-17(25-4)8-6-16/h5-8,14-15H,9-13H2,1-4H3,(H,20,22)(H,21,24). The highest BCUT2D eigenvalue weighted by Crippen LogP contribution is 2.20. The van der Waals surface area contributed by atoms with E-state index < -0.39 is 0 Å². The number of amides is 1. The maximum atomic E-state index is 12.1. The van der Waals surface area contributed by atoms with Gasteiger partial charge < -0.3 is 20.3 Å². The van der Waals surface area contributed by atoms with E-state index in [9.17, 15) is 4.79 Å². The number of nitrogens with zero attached hydrogens (tertiary/aromatic N) is 2. The van der Waals surface area contributed by atoms with Gasteiger partial charge in [-0.15, -0.1) is 0 Å². The van der Waals surface area contributed by atoms with Crippen LogP contribution >= 0.6 is 0 Å². The van der Waals surface area contributed by atoms with Gasteiger partial charge >= 0.3 is 0 Å². The molecule has 1 heterocycles. The molecule has 1 saturated heterocycles. The molecule has 0 aliphatic carbocycles. The van der Waals surface area contributed by atoms with Crippen LogP contribution in [0.4, 0.5) is 0 Å². The number of carbonyl (C=O) groups is 1. The van der Waals surface area contributed by atoms with Crippen molar-refractivity contribution in [3.63, 3.8) is 0 Å². The molecular weight excluding hydrogens is 316 g/mol. The van der Waals surface area contributed by atoms with Gasteiger partial charge in [-0.05, 0) is 36.0 Å². The maximum Gasteiger partial charge on any atom is 0.239 e. The highest BCUT2D eigenvalue weighted by molar-refractivity contribution is 5.86. The monoisotopic (exact) mass is 346 g/mol. The maximum absolute atomic E-state index is 12.1. The average Bonchev–Trinajstić information content (AvgIpc) is 2.60. The van der Waals surface area contributed by atoms with E-state index in [-0.39, 0.29) is 12.5 Å². The van der Waals surface area contributed by atoms with E-state index in [4.69, 9.17) is 4.74 Å². The molecule has 0 bridgehead atoms. The number of hydrogen-bond acceptors (Lipinski definition) is 3. The Morgan fingerprint density at radius 2 is 1.84 bits per heavy atom. The molecule has 1 fully saturated rings. The van der Waals surface area contributed by atoms with Gasteiger partial charge in [0.15, 0.2) is 5.96 Å². The lowest BCUT2D eigenvalue weighted by Gasteiger charge is -2.37. The zero-order valence-electron chi connectivity index (χ0n) is 15.7. The van der Waals surface area contributed by atoms with Crippen LogP contribution in [0.3, 0.4) is 0 Å². The number of likely N-dealkylation sites (tertiary alicyclic amines) is 1. The van der Waals surface area contributed by atoms with Gasteiger partial charge in [-0.2, -0.15) is 0 Å². The van der Waals surface area contributed by atoms with Crippen molar-refractivity contribution in [3.05, 3.63) is 29.8 Å². The van der Waals surface area contributed by atoms with Crippen molar-refractivity contribution >= 4 is 11.9 Å². The quantitative estimate of drug-likeness (QED) is 0.631. The Bertz CT molecular complexity index is 576. The predicted octanol–water partition coefficient (Wildman–Crippen LogP) is 1.86. The summed E-state index contributed by atoms with van der Waals surface area (Å²) < 4.78 is 5.13. The van der Waals surface area contributed by atoms with Crippen molar-refractivity contribution in [2.45, 2.75) is 26.8 Å². The molecule has 0 saturated carbocycles. The number of methoxy groups -OCH3 is 1. The minimum atomic E-state index is -0.0462. The molecule has 0 radical (unpaired) electrons. The molecule has 2 unspecified atom stereocenters. The van der Waals surface area contributed by atoms with Crippen LogP contribution in [-0.4, -0.2) is 50.6 Å². The minimum Gasteiger partial charge on any atom is -0.497 e. The summed E-state index contributed by atoms with van der Waals surface area (Å²) in [7, 11) is 3.40. The van der Waals surface area contributed by atoms with E-state index in [0.717, 1.165) is 30.4 Å². The Morgan fingerprint density at radius 1 is 1.20 bits per heavy atom. The second kappa shape index (κ2) is 9.30. The van der Waals surface area contributed by atoms with Crippen LogP contribution in [0.25, 0.3) is 0 Å². The largest absolute Gasteiger partial charge is 0.497 e. The molecule has 1 aliphatic heterocycles. The van der Waals surface area contributed by atoms with Crippen LogP contribution in [0.2, 0.25) is 0 Å². The van der Waals surface area contributed by atoms with Gasteiger partial charge in [0.05, 0.1) is 13.7 Å². The number of aliphatic imine (C=N–C) groups is 1. The average molecular weight is 346 g/mol. The van der Waals surface area contributed by atoms with Gasteiger partial charge in [0, 0.05) is 26.7 Å². The third-order valence-electron chi connectivity index (χ3n) is 4.44. The first kappa shape index (κ1) is 19.1. The van der Waals surface area contributed by atoms with Gasteiger partial charge in [0.25, 0.3) is 0 Å². The van der Waals surface area contributed by atoms with Gasteiger partial charge in [-0.1, -0.05) is 26.0 Å². The van der Waals surface area contributed by atoms with Crippen molar-refractivity contribution in [2.24, 2.45) is 16.8 Å². The van der Waals surface area contributed by atoms with Crippen molar-refractivity contribution in [1.82, 2.24) is 15.5 Å². The highest BCUT2D eigenvalue weighted by atomic mass is 16.5. The highest BCUT2D eigenvalue weighted by Gasteiger charge is 2.24. The van der Waals surface area contributed by atoms with Crippen molar-refractivity contribution in [1.29, 1.82) is 0 Å². The number of nitrogens with one attached hydrogen (secondary N) is 2. The van der Waals surface area contributed by atoms with Gasteiger partial charge in [-0.25, -0.2) is 0 Å². The Balaban J connectivity index is 1.77. The number of ether oxygens (including phenoxy) is 1.